The standard InChI is InChI=1S/C7H14N2O/c1-8-2-4-9(5-3-8)6-7-10/h1,10H,2-7H2. The number of piperazine rings is 1. The molecule has 1 aliphatic heterocycles. The van der Waals surface area contributed by atoms with Crippen molar-refractivity contribution in [3.63, 3.8) is 0 Å². The lowest BCUT2D eigenvalue weighted by molar-refractivity contribution is 0.137. The quantitative estimate of drug-likeness (QED) is 0.550. The maximum Gasteiger partial charge on any atom is 0.0558 e. The zero-order valence-electron chi connectivity index (χ0n) is 6.16. The number of aliphatic hydroxyl groups is 1. The minimum absolute atomic E-state index is 0.255. The normalized spacial score (nSPS) is 23.4. The molecule has 1 heterocycles. The third-order valence-corrected chi connectivity index (χ3v) is 1.82. The molecule has 0 aromatic carbocycles. The van der Waals surface area contributed by atoms with E-state index in [2.05, 4.69) is 4.90 Å². The van der Waals surface area contributed by atoms with Crippen molar-refractivity contribution in [3.8, 4) is 0 Å². The van der Waals surface area contributed by atoms with Gasteiger partial charge in [0.25, 0.3) is 0 Å². The highest BCUT2D eigenvalue weighted by Crippen LogP contribution is 1.97. The van der Waals surface area contributed by atoms with Crippen LogP contribution in [0.3, 0.4) is 0 Å². The molecule has 0 bridgehead atoms. The summed E-state index contributed by atoms with van der Waals surface area (Å²) in [6.07, 6.45) is 0. The van der Waals surface area contributed by atoms with Crippen molar-refractivity contribution in [2.24, 2.45) is 0 Å². The Balaban J connectivity index is 2.13. The van der Waals surface area contributed by atoms with Crippen LogP contribution in [0.2, 0.25) is 0 Å². The molecule has 0 unspecified atom stereocenters. The first-order valence-electron chi connectivity index (χ1n) is 3.66. The maximum atomic E-state index is 8.60. The maximum absolute atomic E-state index is 8.60. The topological polar surface area (TPSA) is 26.7 Å². The molecule has 0 amide bonds. The molecular formula is C7H14N2O. The summed E-state index contributed by atoms with van der Waals surface area (Å²) in [6, 6.07) is 0. The Morgan fingerprint density at radius 1 is 1.20 bits per heavy atom. The minimum atomic E-state index is 0.255. The Bertz CT molecular complexity index is 89.6. The molecular weight excluding hydrogens is 128 g/mol. The molecule has 0 atom stereocenters. The molecule has 2 radical (unpaired) electrons. The summed E-state index contributed by atoms with van der Waals surface area (Å²) in [4.78, 5) is 4.03. The average Bonchev–Trinajstić information content (AvgIpc) is 1.95. The van der Waals surface area contributed by atoms with E-state index >= 15 is 0 Å². The first-order chi connectivity index (χ1) is 4.83. The van der Waals surface area contributed by atoms with Gasteiger partial charge >= 0.3 is 0 Å². The van der Waals surface area contributed by atoms with Crippen LogP contribution < -0.4 is 0 Å². The summed E-state index contributed by atoms with van der Waals surface area (Å²) in [6.45, 7) is 4.84. The van der Waals surface area contributed by atoms with Crippen molar-refractivity contribution >= 4 is 0 Å². The molecule has 1 rings (SSSR count). The van der Waals surface area contributed by atoms with E-state index in [1.54, 1.807) is 0 Å². The van der Waals surface area contributed by atoms with E-state index < -0.39 is 0 Å². The third kappa shape index (κ3) is 2.25. The van der Waals surface area contributed by atoms with Gasteiger partial charge in [0, 0.05) is 39.8 Å². The Kier molecular flexibility index (Phi) is 3.12. The molecule has 58 valence electrons. The van der Waals surface area contributed by atoms with E-state index in [0.717, 1.165) is 32.7 Å². The van der Waals surface area contributed by atoms with Crippen LogP contribution in [0.1, 0.15) is 0 Å². The zero-order valence-corrected chi connectivity index (χ0v) is 6.16. The second kappa shape index (κ2) is 3.91. The zero-order chi connectivity index (χ0) is 7.40. The minimum Gasteiger partial charge on any atom is -0.395 e. The predicted octanol–water partition coefficient (Wildman–Crippen LogP) is -0.735. The van der Waals surface area contributed by atoms with E-state index in [1.165, 1.54) is 0 Å². The number of rotatable bonds is 2. The van der Waals surface area contributed by atoms with E-state index in [4.69, 9.17) is 12.2 Å². The summed E-state index contributed by atoms with van der Waals surface area (Å²) in [7, 11) is 5.54. The van der Waals surface area contributed by atoms with Crippen molar-refractivity contribution in [1.82, 2.24) is 9.80 Å². The van der Waals surface area contributed by atoms with Crippen LogP contribution >= 0.6 is 0 Å². The molecule has 0 saturated carbocycles. The number of hydrogen-bond acceptors (Lipinski definition) is 3. The van der Waals surface area contributed by atoms with Crippen molar-refractivity contribution in [3.05, 3.63) is 7.05 Å². The van der Waals surface area contributed by atoms with Crippen LogP contribution in [0.15, 0.2) is 0 Å². The van der Waals surface area contributed by atoms with Crippen LogP contribution in [0, 0.1) is 7.05 Å². The molecule has 1 aliphatic rings. The van der Waals surface area contributed by atoms with Gasteiger partial charge < -0.3 is 5.11 Å². The molecule has 1 fully saturated rings. The van der Waals surface area contributed by atoms with Gasteiger partial charge in [-0.25, -0.2) is 0 Å². The second-order valence-corrected chi connectivity index (χ2v) is 2.60. The van der Waals surface area contributed by atoms with Crippen LogP contribution in [-0.4, -0.2) is 54.2 Å². The van der Waals surface area contributed by atoms with Gasteiger partial charge in [-0.05, 0) is 0 Å². The Hall–Kier alpha value is -0.120. The summed E-state index contributed by atoms with van der Waals surface area (Å²) in [5, 5.41) is 8.60. The first kappa shape index (κ1) is 7.98. The van der Waals surface area contributed by atoms with Gasteiger partial charge in [-0.3, -0.25) is 9.80 Å². The largest absolute Gasteiger partial charge is 0.395 e. The highest BCUT2D eigenvalue weighted by Gasteiger charge is 2.12. The van der Waals surface area contributed by atoms with E-state index in [-0.39, 0.29) is 6.61 Å². The highest BCUT2D eigenvalue weighted by atomic mass is 16.3. The fraction of sp³-hybridized carbons (Fsp3) is 0.857. The van der Waals surface area contributed by atoms with E-state index in [9.17, 15) is 0 Å². The molecule has 3 nitrogen and oxygen atoms in total. The van der Waals surface area contributed by atoms with Crippen LogP contribution in [0.25, 0.3) is 0 Å². The molecule has 1 saturated heterocycles. The molecule has 3 heteroatoms. The second-order valence-electron chi connectivity index (χ2n) is 2.60. The fourth-order valence-electron chi connectivity index (χ4n) is 1.13. The van der Waals surface area contributed by atoms with Crippen LogP contribution in [0.4, 0.5) is 0 Å². The van der Waals surface area contributed by atoms with Crippen LogP contribution in [-0.2, 0) is 0 Å². The highest BCUT2D eigenvalue weighted by molar-refractivity contribution is 4.70. The van der Waals surface area contributed by atoms with Crippen molar-refractivity contribution in [2.45, 2.75) is 0 Å². The lowest BCUT2D eigenvalue weighted by Gasteiger charge is -2.31. The monoisotopic (exact) mass is 142 g/mol. The Labute approximate surface area is 62.2 Å². The van der Waals surface area contributed by atoms with Gasteiger partial charge in [0.05, 0.1) is 6.61 Å². The first-order valence-corrected chi connectivity index (χ1v) is 3.66. The number of hydrogen-bond donors (Lipinski definition) is 1. The summed E-state index contributed by atoms with van der Waals surface area (Å²) < 4.78 is 0. The van der Waals surface area contributed by atoms with Gasteiger partial charge in [-0.2, -0.15) is 0 Å². The third-order valence-electron chi connectivity index (χ3n) is 1.82. The lowest BCUT2D eigenvalue weighted by atomic mass is 10.3. The SMILES string of the molecule is [CH]N1CCN(CCO)CC1. The number of nitrogens with zero attached hydrogens (tertiary/aromatic N) is 2. The molecule has 0 spiro atoms. The average molecular weight is 142 g/mol. The van der Waals surface area contributed by atoms with E-state index in [0.29, 0.717) is 0 Å². The van der Waals surface area contributed by atoms with Gasteiger partial charge in [0.15, 0.2) is 0 Å². The van der Waals surface area contributed by atoms with Gasteiger partial charge in [0.1, 0.15) is 0 Å². The summed E-state index contributed by atoms with van der Waals surface area (Å²) in [5.74, 6) is 0. The number of β-amino-alcohol motifs (C(OH)–C–C–N with tert-alkyl or cyclic N) is 1. The van der Waals surface area contributed by atoms with Crippen LogP contribution in [0.5, 0.6) is 0 Å². The lowest BCUT2D eigenvalue weighted by Crippen LogP contribution is -2.44. The molecule has 0 aromatic heterocycles. The molecule has 1 N–H and O–H groups in total. The predicted molar refractivity (Wildman–Crippen MR) is 39.4 cm³/mol. The van der Waals surface area contributed by atoms with E-state index in [1.807, 2.05) is 4.90 Å². The summed E-state index contributed by atoms with van der Waals surface area (Å²) >= 11 is 0. The van der Waals surface area contributed by atoms with Gasteiger partial charge in [-0.1, -0.05) is 0 Å². The Morgan fingerprint density at radius 2 is 1.80 bits per heavy atom. The van der Waals surface area contributed by atoms with Crippen molar-refractivity contribution in [1.29, 1.82) is 0 Å². The van der Waals surface area contributed by atoms with Gasteiger partial charge in [-0.15, -0.1) is 0 Å². The summed E-state index contributed by atoms with van der Waals surface area (Å²) in [5.41, 5.74) is 0. The molecule has 0 aromatic rings. The number of aliphatic hydroxyl groups excluding tert-OH is 1. The fourth-order valence-corrected chi connectivity index (χ4v) is 1.13. The van der Waals surface area contributed by atoms with Gasteiger partial charge in [0.2, 0.25) is 0 Å². The smallest absolute Gasteiger partial charge is 0.0558 e. The molecule has 0 aliphatic carbocycles. The van der Waals surface area contributed by atoms with Crippen molar-refractivity contribution < 1.29 is 5.11 Å². The van der Waals surface area contributed by atoms with Crippen molar-refractivity contribution in [2.75, 3.05) is 39.3 Å². The Morgan fingerprint density at radius 3 is 2.30 bits per heavy atom. The molecule has 10 heavy (non-hydrogen) atoms.